The monoisotopic (exact) mass is 344 g/mol. The Hall–Kier alpha value is -1.89. The zero-order valence-electron chi connectivity index (χ0n) is 13.6. The Balaban J connectivity index is 2.82. The first kappa shape index (κ1) is 19.2. The van der Waals surface area contributed by atoms with Gasteiger partial charge in [0.2, 0.25) is 0 Å². The molecule has 0 aromatic heterocycles. The number of methoxy groups -OCH3 is 2. The number of benzene rings is 1. The van der Waals surface area contributed by atoms with Crippen molar-refractivity contribution in [3.63, 3.8) is 0 Å². The minimum Gasteiger partial charge on any atom is -0.497 e. The Labute approximate surface area is 135 Å². The third-order valence-corrected chi connectivity index (χ3v) is 4.45. The van der Waals surface area contributed by atoms with Gasteiger partial charge in [0.1, 0.15) is 11.5 Å². The molecule has 1 amide bonds. The van der Waals surface area contributed by atoms with Crippen molar-refractivity contribution in [1.82, 2.24) is 5.43 Å². The molecule has 0 aliphatic rings. The molecule has 1 rings (SSSR count). The van der Waals surface area contributed by atoms with E-state index < -0.39 is 13.2 Å². The fourth-order valence-corrected chi connectivity index (χ4v) is 2.81. The summed E-state index contributed by atoms with van der Waals surface area (Å²) in [5, 5.41) is 3.76. The Morgan fingerprint density at radius 2 is 1.87 bits per heavy atom. The van der Waals surface area contributed by atoms with E-state index in [1.54, 1.807) is 39.2 Å². The molecular formula is C14H21N2O6P. The first-order chi connectivity index (χ1) is 11.0. The summed E-state index contributed by atoms with van der Waals surface area (Å²) >= 11 is 0. The fourth-order valence-electron chi connectivity index (χ4n) is 1.64. The van der Waals surface area contributed by atoms with Crippen LogP contribution in [0.2, 0.25) is 0 Å². The van der Waals surface area contributed by atoms with Crippen molar-refractivity contribution in [3.8, 4) is 11.5 Å². The van der Waals surface area contributed by atoms with Crippen molar-refractivity contribution in [2.24, 2.45) is 5.10 Å². The standard InChI is InChI=1S/C14H21N2O6P/c1-5-21-23(18,22-6-2)14(17)16-15-10-11-7-8-12(19-3)9-13(11)20-4/h7-10H,5-6H2,1-4H3,(H,16,17). The molecule has 1 N–H and O–H groups in total. The molecule has 0 bridgehead atoms. The second-order valence-electron chi connectivity index (χ2n) is 4.12. The van der Waals surface area contributed by atoms with Crippen LogP contribution in [0.3, 0.4) is 0 Å². The van der Waals surface area contributed by atoms with Crippen molar-refractivity contribution < 1.29 is 27.9 Å². The van der Waals surface area contributed by atoms with Crippen LogP contribution in [0.25, 0.3) is 0 Å². The van der Waals surface area contributed by atoms with Gasteiger partial charge in [0.25, 0.3) is 0 Å². The summed E-state index contributed by atoms with van der Waals surface area (Å²) in [4.78, 5) is 11.9. The zero-order chi connectivity index (χ0) is 17.3. The van der Waals surface area contributed by atoms with Crippen LogP contribution in [-0.4, -0.2) is 39.3 Å². The molecule has 0 heterocycles. The second kappa shape index (κ2) is 9.29. The number of rotatable bonds is 9. The van der Waals surface area contributed by atoms with E-state index in [-0.39, 0.29) is 13.2 Å². The molecule has 9 heteroatoms. The summed E-state index contributed by atoms with van der Waals surface area (Å²) in [6.07, 6.45) is 1.36. The highest BCUT2D eigenvalue weighted by molar-refractivity contribution is 7.71. The van der Waals surface area contributed by atoms with Crippen molar-refractivity contribution >= 4 is 19.5 Å². The van der Waals surface area contributed by atoms with Gasteiger partial charge in [-0.1, -0.05) is 0 Å². The minimum atomic E-state index is -3.88. The molecular weight excluding hydrogens is 323 g/mol. The molecule has 23 heavy (non-hydrogen) atoms. The van der Waals surface area contributed by atoms with Gasteiger partial charge < -0.3 is 18.5 Å². The Bertz CT molecular complexity index is 595. The van der Waals surface area contributed by atoms with Crippen molar-refractivity contribution in [1.29, 1.82) is 0 Å². The number of hydrogen-bond acceptors (Lipinski definition) is 7. The van der Waals surface area contributed by atoms with Gasteiger partial charge in [0.15, 0.2) is 0 Å². The highest BCUT2D eigenvalue weighted by atomic mass is 31.2. The van der Waals surface area contributed by atoms with Gasteiger partial charge in [-0.05, 0) is 26.0 Å². The molecule has 0 fully saturated rings. The van der Waals surface area contributed by atoms with Crippen LogP contribution < -0.4 is 14.9 Å². The quantitative estimate of drug-likeness (QED) is 0.420. The predicted octanol–water partition coefficient (Wildman–Crippen LogP) is 3.01. The largest absolute Gasteiger partial charge is 0.497 e. The van der Waals surface area contributed by atoms with Crippen LogP contribution >= 0.6 is 7.60 Å². The van der Waals surface area contributed by atoms with Crippen molar-refractivity contribution in [2.75, 3.05) is 27.4 Å². The molecule has 0 unspecified atom stereocenters. The maximum atomic E-state index is 12.2. The van der Waals surface area contributed by atoms with E-state index >= 15 is 0 Å². The first-order valence-electron chi connectivity index (χ1n) is 6.95. The average molecular weight is 344 g/mol. The summed E-state index contributed by atoms with van der Waals surface area (Å²) in [6.45, 7) is 3.40. The van der Waals surface area contributed by atoms with E-state index in [1.807, 2.05) is 0 Å². The second-order valence-corrected chi connectivity index (χ2v) is 6.03. The molecule has 0 aliphatic carbocycles. The number of carbonyl (C=O) groups is 1. The summed E-state index contributed by atoms with van der Waals surface area (Å²) < 4.78 is 32.3. The lowest BCUT2D eigenvalue weighted by Crippen LogP contribution is -2.19. The van der Waals surface area contributed by atoms with Crippen LogP contribution in [0.5, 0.6) is 11.5 Å². The Morgan fingerprint density at radius 3 is 2.39 bits per heavy atom. The molecule has 0 spiro atoms. The lowest BCUT2D eigenvalue weighted by molar-refractivity contribution is 0.207. The molecule has 8 nitrogen and oxygen atoms in total. The summed E-state index contributed by atoms with van der Waals surface area (Å²) in [7, 11) is -0.832. The van der Waals surface area contributed by atoms with E-state index in [0.717, 1.165) is 0 Å². The zero-order valence-corrected chi connectivity index (χ0v) is 14.5. The lowest BCUT2D eigenvalue weighted by Gasteiger charge is -2.14. The van der Waals surface area contributed by atoms with E-state index in [1.165, 1.54) is 13.3 Å². The minimum absolute atomic E-state index is 0.0840. The van der Waals surface area contributed by atoms with E-state index in [0.29, 0.717) is 17.1 Å². The molecule has 0 atom stereocenters. The topological polar surface area (TPSA) is 95.5 Å². The summed E-state index contributed by atoms with van der Waals surface area (Å²) in [6, 6.07) is 5.10. The van der Waals surface area contributed by atoms with E-state index in [9.17, 15) is 9.36 Å². The van der Waals surface area contributed by atoms with Crippen LogP contribution in [0.4, 0.5) is 4.79 Å². The van der Waals surface area contributed by atoms with Crippen LogP contribution in [-0.2, 0) is 13.6 Å². The summed E-state index contributed by atoms with van der Waals surface area (Å²) in [5.74, 6) is 1.14. The number of ether oxygens (including phenoxy) is 2. The van der Waals surface area contributed by atoms with Gasteiger partial charge in [-0.3, -0.25) is 4.79 Å². The molecule has 128 valence electrons. The Morgan fingerprint density at radius 1 is 1.22 bits per heavy atom. The van der Waals surface area contributed by atoms with Crippen molar-refractivity contribution in [3.05, 3.63) is 23.8 Å². The Kier molecular flexibility index (Phi) is 7.74. The molecule has 0 saturated heterocycles. The van der Waals surface area contributed by atoms with Crippen LogP contribution in [0.1, 0.15) is 19.4 Å². The first-order valence-corrected chi connectivity index (χ1v) is 8.49. The average Bonchev–Trinajstić information content (AvgIpc) is 2.55. The van der Waals surface area contributed by atoms with Gasteiger partial charge in [-0.25, -0.2) is 9.99 Å². The highest BCUT2D eigenvalue weighted by Crippen LogP contribution is 2.48. The molecule has 0 radical (unpaired) electrons. The van der Waals surface area contributed by atoms with Gasteiger partial charge in [-0.2, -0.15) is 5.10 Å². The highest BCUT2D eigenvalue weighted by Gasteiger charge is 2.34. The van der Waals surface area contributed by atoms with Crippen molar-refractivity contribution in [2.45, 2.75) is 13.8 Å². The maximum absolute atomic E-state index is 12.2. The maximum Gasteiger partial charge on any atom is 0.420 e. The number of hydrazone groups is 1. The molecule has 0 aliphatic heterocycles. The normalized spacial score (nSPS) is 11.5. The van der Waals surface area contributed by atoms with E-state index in [2.05, 4.69) is 10.5 Å². The fraction of sp³-hybridized carbons (Fsp3) is 0.429. The number of nitrogens with zero attached hydrogens (tertiary/aromatic N) is 1. The van der Waals surface area contributed by atoms with E-state index in [4.69, 9.17) is 18.5 Å². The van der Waals surface area contributed by atoms with Gasteiger partial charge in [0.05, 0.1) is 33.6 Å². The number of nitrogens with one attached hydrogen (secondary N) is 1. The third kappa shape index (κ3) is 5.35. The molecule has 1 aromatic carbocycles. The lowest BCUT2D eigenvalue weighted by atomic mass is 10.2. The summed E-state index contributed by atoms with van der Waals surface area (Å²) in [5.41, 5.74) is 1.83. The predicted molar refractivity (Wildman–Crippen MR) is 86.5 cm³/mol. The van der Waals surface area contributed by atoms with Crippen LogP contribution in [0.15, 0.2) is 23.3 Å². The smallest absolute Gasteiger partial charge is 0.420 e. The molecule has 1 aromatic rings. The van der Waals surface area contributed by atoms with Gasteiger partial charge in [-0.15, -0.1) is 0 Å². The molecule has 0 saturated carbocycles. The number of hydrogen-bond donors (Lipinski definition) is 1. The van der Waals surface area contributed by atoms with Gasteiger partial charge >= 0.3 is 13.2 Å². The number of amides is 1. The van der Waals surface area contributed by atoms with Crippen LogP contribution in [0, 0.1) is 0 Å². The SMILES string of the molecule is CCOP(=O)(OCC)C(=O)NN=Cc1ccc(OC)cc1OC. The number of carbonyl (C=O) groups excluding carboxylic acids is 1. The van der Waals surface area contributed by atoms with Gasteiger partial charge in [0, 0.05) is 11.6 Å². The third-order valence-electron chi connectivity index (χ3n) is 2.65.